The summed E-state index contributed by atoms with van der Waals surface area (Å²) in [5.74, 6) is -0.645. The molecule has 162 valence electrons. The Balaban J connectivity index is 3.67. The van der Waals surface area contributed by atoms with Gasteiger partial charge in [-0.2, -0.15) is 0 Å². The summed E-state index contributed by atoms with van der Waals surface area (Å²) in [5.41, 5.74) is -1.24. The average Bonchev–Trinajstić information content (AvgIpc) is 2.51. The third-order valence-electron chi connectivity index (χ3n) is 2.83. The molecule has 0 unspecified atom stereocenters. The summed E-state index contributed by atoms with van der Waals surface area (Å²) in [6, 6.07) is 0. The monoisotopic (exact) mass is 402 g/mol. The van der Waals surface area contributed by atoms with E-state index in [2.05, 4.69) is 21.3 Å². The van der Waals surface area contributed by atoms with E-state index in [0.29, 0.717) is 25.9 Å². The molecule has 0 aromatic heterocycles. The maximum atomic E-state index is 11.6. The van der Waals surface area contributed by atoms with Crippen molar-refractivity contribution >= 4 is 24.0 Å². The van der Waals surface area contributed by atoms with Crippen LogP contribution in [-0.2, 0) is 19.1 Å². The van der Waals surface area contributed by atoms with Crippen molar-refractivity contribution in [2.45, 2.75) is 65.6 Å². The molecule has 0 saturated carbocycles. The van der Waals surface area contributed by atoms with E-state index < -0.39 is 23.4 Å². The Labute approximate surface area is 166 Å². The lowest BCUT2D eigenvalue weighted by molar-refractivity contribution is -0.121. The highest BCUT2D eigenvalue weighted by Gasteiger charge is 2.17. The van der Waals surface area contributed by atoms with Crippen LogP contribution in [0.1, 0.15) is 54.4 Å². The number of amides is 4. The molecule has 0 bridgehead atoms. The molecule has 0 rings (SSSR count). The van der Waals surface area contributed by atoms with E-state index in [4.69, 9.17) is 9.47 Å². The molecule has 4 amide bonds. The lowest BCUT2D eigenvalue weighted by atomic mass is 10.2. The molecule has 0 aromatic rings. The number of hydrogen-bond acceptors (Lipinski definition) is 6. The van der Waals surface area contributed by atoms with Crippen LogP contribution in [0.2, 0.25) is 0 Å². The molecule has 10 nitrogen and oxygen atoms in total. The predicted molar refractivity (Wildman–Crippen MR) is 104 cm³/mol. The van der Waals surface area contributed by atoms with E-state index in [9.17, 15) is 19.2 Å². The number of unbranched alkanes of at least 4 members (excludes halogenated alkanes) is 1. The van der Waals surface area contributed by atoms with Crippen molar-refractivity contribution in [2.75, 3.05) is 26.2 Å². The quantitative estimate of drug-likeness (QED) is 0.426. The van der Waals surface area contributed by atoms with E-state index in [0.717, 1.165) is 0 Å². The standard InChI is InChI=1S/C18H34N4O6/c1-17(2,3)27-15(25)21-11-13(23)19-9-7-8-10-20-14(24)12-22-16(26)28-18(4,5)6/h7-12H2,1-6H3,(H,19,23)(H,20,24)(H,21,25)(H,22,26). The minimum absolute atomic E-state index is 0.165. The zero-order chi connectivity index (χ0) is 21.8. The molecular formula is C18H34N4O6. The topological polar surface area (TPSA) is 135 Å². The summed E-state index contributed by atoms with van der Waals surface area (Å²) in [6.45, 7) is 10.9. The van der Waals surface area contributed by atoms with Crippen molar-refractivity contribution in [3.8, 4) is 0 Å². The second-order valence-electron chi connectivity index (χ2n) is 8.12. The van der Waals surface area contributed by atoms with Crippen molar-refractivity contribution in [2.24, 2.45) is 0 Å². The summed E-state index contributed by atoms with van der Waals surface area (Å²) >= 11 is 0. The number of rotatable bonds is 9. The molecule has 0 fully saturated rings. The smallest absolute Gasteiger partial charge is 0.408 e. The van der Waals surface area contributed by atoms with Crippen LogP contribution < -0.4 is 21.3 Å². The molecule has 28 heavy (non-hydrogen) atoms. The van der Waals surface area contributed by atoms with Gasteiger partial charge in [0.1, 0.15) is 11.2 Å². The minimum atomic E-state index is -0.648. The Bertz CT molecular complexity index is 489. The Hall–Kier alpha value is -2.52. The predicted octanol–water partition coefficient (Wildman–Crippen LogP) is 1.05. The summed E-state index contributed by atoms with van der Waals surface area (Å²) in [7, 11) is 0. The number of carbonyl (C=O) groups is 4. The van der Waals surface area contributed by atoms with E-state index >= 15 is 0 Å². The van der Waals surface area contributed by atoms with Gasteiger partial charge < -0.3 is 30.7 Å². The molecule has 0 heterocycles. The average molecular weight is 402 g/mol. The molecule has 4 N–H and O–H groups in total. The summed E-state index contributed by atoms with van der Waals surface area (Å²) in [4.78, 5) is 46.0. The number of ether oxygens (including phenoxy) is 2. The molecule has 0 atom stereocenters. The van der Waals surface area contributed by atoms with Crippen molar-refractivity contribution < 1.29 is 28.7 Å². The van der Waals surface area contributed by atoms with Gasteiger partial charge in [-0.3, -0.25) is 9.59 Å². The van der Waals surface area contributed by atoms with Crippen LogP contribution in [0.5, 0.6) is 0 Å². The van der Waals surface area contributed by atoms with E-state index in [1.165, 1.54) is 0 Å². The minimum Gasteiger partial charge on any atom is -0.444 e. The van der Waals surface area contributed by atoms with Gasteiger partial charge in [-0.25, -0.2) is 9.59 Å². The number of alkyl carbamates (subject to hydrolysis) is 2. The fourth-order valence-electron chi connectivity index (χ4n) is 1.76. The van der Waals surface area contributed by atoms with Crippen molar-refractivity contribution in [1.82, 2.24) is 21.3 Å². The first-order valence-electron chi connectivity index (χ1n) is 9.25. The van der Waals surface area contributed by atoms with E-state index in [-0.39, 0.29) is 24.9 Å². The highest BCUT2D eigenvalue weighted by Crippen LogP contribution is 2.06. The molecule has 0 spiro atoms. The molecule has 0 aliphatic carbocycles. The van der Waals surface area contributed by atoms with E-state index in [1.54, 1.807) is 41.5 Å². The second-order valence-corrected chi connectivity index (χ2v) is 8.12. The van der Waals surface area contributed by atoms with Crippen LogP contribution >= 0.6 is 0 Å². The number of hydrogen-bond donors (Lipinski definition) is 4. The molecule has 0 radical (unpaired) electrons. The SMILES string of the molecule is CC(C)(C)OC(=O)NCC(=O)NCCCCNC(=O)CNC(=O)OC(C)(C)C. The Morgan fingerprint density at radius 2 is 0.929 bits per heavy atom. The van der Waals surface area contributed by atoms with Crippen molar-refractivity contribution in [3.63, 3.8) is 0 Å². The first-order valence-corrected chi connectivity index (χ1v) is 9.25. The van der Waals surface area contributed by atoms with Gasteiger partial charge in [0, 0.05) is 13.1 Å². The van der Waals surface area contributed by atoms with E-state index in [1.807, 2.05) is 0 Å². The number of nitrogens with one attached hydrogen (secondary N) is 4. The second kappa shape index (κ2) is 12.0. The maximum absolute atomic E-state index is 11.6. The maximum Gasteiger partial charge on any atom is 0.408 e. The third kappa shape index (κ3) is 16.9. The molecule has 10 heteroatoms. The molecule has 0 aliphatic heterocycles. The van der Waals surface area contributed by atoms with Gasteiger partial charge in [0.05, 0.1) is 13.1 Å². The van der Waals surface area contributed by atoms with Crippen LogP contribution in [0.25, 0.3) is 0 Å². The van der Waals surface area contributed by atoms with Crippen LogP contribution in [0.4, 0.5) is 9.59 Å². The Morgan fingerprint density at radius 3 is 1.21 bits per heavy atom. The van der Waals surface area contributed by atoms with Gasteiger partial charge in [-0.05, 0) is 54.4 Å². The van der Waals surface area contributed by atoms with Crippen LogP contribution in [-0.4, -0.2) is 61.4 Å². The van der Waals surface area contributed by atoms with Crippen LogP contribution in [0.3, 0.4) is 0 Å². The van der Waals surface area contributed by atoms with Gasteiger partial charge in [0.15, 0.2) is 0 Å². The van der Waals surface area contributed by atoms with Crippen LogP contribution in [0, 0.1) is 0 Å². The number of carbonyl (C=O) groups excluding carboxylic acids is 4. The highest BCUT2D eigenvalue weighted by atomic mass is 16.6. The Kier molecular flexibility index (Phi) is 11.0. The van der Waals surface area contributed by atoms with Gasteiger partial charge in [-0.15, -0.1) is 0 Å². The normalized spacial score (nSPS) is 11.2. The zero-order valence-corrected chi connectivity index (χ0v) is 17.7. The van der Waals surface area contributed by atoms with Gasteiger partial charge >= 0.3 is 12.2 Å². The molecule has 0 aromatic carbocycles. The summed E-state index contributed by atoms with van der Waals surface area (Å²) in [5, 5.41) is 10.0. The van der Waals surface area contributed by atoms with Gasteiger partial charge in [0.25, 0.3) is 0 Å². The fourth-order valence-corrected chi connectivity index (χ4v) is 1.76. The highest BCUT2D eigenvalue weighted by molar-refractivity contribution is 5.82. The largest absolute Gasteiger partial charge is 0.444 e. The van der Waals surface area contributed by atoms with Gasteiger partial charge in [0.2, 0.25) is 11.8 Å². The van der Waals surface area contributed by atoms with Gasteiger partial charge in [-0.1, -0.05) is 0 Å². The molecule has 0 saturated heterocycles. The van der Waals surface area contributed by atoms with Crippen molar-refractivity contribution in [3.05, 3.63) is 0 Å². The zero-order valence-electron chi connectivity index (χ0n) is 17.7. The summed E-state index contributed by atoms with van der Waals surface area (Å²) < 4.78 is 10.0. The van der Waals surface area contributed by atoms with Crippen molar-refractivity contribution in [1.29, 1.82) is 0 Å². The summed E-state index contributed by atoms with van der Waals surface area (Å²) in [6.07, 6.45) is 0.00585. The first kappa shape index (κ1) is 25.5. The lowest BCUT2D eigenvalue weighted by Crippen LogP contribution is -2.40. The lowest BCUT2D eigenvalue weighted by Gasteiger charge is -2.19. The van der Waals surface area contributed by atoms with Crippen LogP contribution in [0.15, 0.2) is 0 Å². The molecular weight excluding hydrogens is 368 g/mol. The molecule has 0 aliphatic rings. The third-order valence-corrected chi connectivity index (χ3v) is 2.83. The Morgan fingerprint density at radius 1 is 0.607 bits per heavy atom. The fraction of sp³-hybridized carbons (Fsp3) is 0.778. The first-order chi connectivity index (χ1) is 12.8.